The zero-order valence-corrected chi connectivity index (χ0v) is 16.9. The Bertz CT molecular complexity index is 603. The van der Waals surface area contributed by atoms with Gasteiger partial charge in [-0.1, -0.05) is 0 Å². The molecule has 0 radical (unpaired) electrons. The van der Waals surface area contributed by atoms with Crippen LogP contribution in [0.5, 0.6) is 0 Å². The number of carbonyl (C=O) groups excluding carboxylic acids is 1. The molecule has 1 saturated carbocycles. The van der Waals surface area contributed by atoms with Crippen LogP contribution in [-0.2, 0) is 14.8 Å². The maximum atomic E-state index is 12.9. The van der Waals surface area contributed by atoms with Crippen LogP contribution in [0.4, 0.5) is 0 Å². The number of sulfonamides is 1. The van der Waals surface area contributed by atoms with E-state index < -0.39 is 10.0 Å². The van der Waals surface area contributed by atoms with Crippen molar-refractivity contribution in [2.75, 3.05) is 39.0 Å². The maximum Gasteiger partial charge on any atom is 0.225 e. The van der Waals surface area contributed by atoms with Gasteiger partial charge >= 0.3 is 0 Å². The standard InChI is InChI=1S/C18H33N3O3S/c1-14(2)21-10-9-19(13-15(21)3)17(22)16-11-18(12-16)5-7-20(8-6-18)25(4,23)24/h14-16H,5-13H2,1-4H3/t15-/m0/s1. The Balaban J connectivity index is 1.49. The Morgan fingerprint density at radius 1 is 1.08 bits per heavy atom. The highest BCUT2D eigenvalue weighted by Gasteiger charge is 2.50. The Hall–Kier alpha value is -0.660. The van der Waals surface area contributed by atoms with Gasteiger partial charge in [0.25, 0.3) is 0 Å². The van der Waals surface area contributed by atoms with E-state index in [-0.39, 0.29) is 11.3 Å². The lowest BCUT2D eigenvalue weighted by Gasteiger charge is -2.53. The van der Waals surface area contributed by atoms with Crippen LogP contribution in [0, 0.1) is 11.3 Å². The van der Waals surface area contributed by atoms with Crippen molar-refractivity contribution in [2.45, 2.75) is 58.5 Å². The molecule has 0 bridgehead atoms. The quantitative estimate of drug-likeness (QED) is 0.752. The van der Waals surface area contributed by atoms with Crippen molar-refractivity contribution in [3.63, 3.8) is 0 Å². The van der Waals surface area contributed by atoms with Gasteiger partial charge in [-0.2, -0.15) is 0 Å². The normalized spacial score (nSPS) is 29.2. The number of nitrogens with zero attached hydrogens (tertiary/aromatic N) is 3. The molecule has 25 heavy (non-hydrogen) atoms. The van der Waals surface area contributed by atoms with Gasteiger partial charge in [-0.05, 0) is 51.9 Å². The van der Waals surface area contributed by atoms with Gasteiger partial charge in [-0.25, -0.2) is 12.7 Å². The molecule has 7 heteroatoms. The van der Waals surface area contributed by atoms with Gasteiger partial charge in [0.05, 0.1) is 6.26 Å². The van der Waals surface area contributed by atoms with E-state index in [1.165, 1.54) is 6.26 Å². The van der Waals surface area contributed by atoms with E-state index in [0.717, 1.165) is 45.3 Å². The van der Waals surface area contributed by atoms with Gasteiger partial charge in [0.2, 0.25) is 15.9 Å². The average molecular weight is 372 g/mol. The zero-order valence-electron chi connectivity index (χ0n) is 16.1. The van der Waals surface area contributed by atoms with Crippen molar-refractivity contribution in [1.82, 2.24) is 14.1 Å². The molecule has 1 spiro atoms. The summed E-state index contributed by atoms with van der Waals surface area (Å²) >= 11 is 0. The largest absolute Gasteiger partial charge is 0.340 e. The first-order valence-corrected chi connectivity index (χ1v) is 11.5. The van der Waals surface area contributed by atoms with E-state index >= 15 is 0 Å². The smallest absolute Gasteiger partial charge is 0.225 e. The first kappa shape index (κ1) is 19.1. The van der Waals surface area contributed by atoms with E-state index in [0.29, 0.717) is 31.1 Å². The number of carbonyl (C=O) groups is 1. The third-order valence-corrected chi connectivity index (χ3v) is 7.92. The van der Waals surface area contributed by atoms with Gasteiger partial charge in [0.1, 0.15) is 0 Å². The van der Waals surface area contributed by atoms with Gasteiger partial charge in [0, 0.05) is 50.7 Å². The Kier molecular flexibility index (Phi) is 5.21. The van der Waals surface area contributed by atoms with Crippen LogP contribution in [0.3, 0.4) is 0 Å². The summed E-state index contributed by atoms with van der Waals surface area (Å²) in [6, 6.07) is 0.948. The molecule has 3 fully saturated rings. The minimum atomic E-state index is -3.07. The first-order valence-electron chi connectivity index (χ1n) is 9.61. The van der Waals surface area contributed by atoms with Crippen molar-refractivity contribution in [2.24, 2.45) is 11.3 Å². The molecular weight excluding hydrogens is 338 g/mol. The second-order valence-electron chi connectivity index (χ2n) is 8.73. The number of piperazine rings is 1. The summed E-state index contributed by atoms with van der Waals surface area (Å²) in [7, 11) is -3.07. The van der Waals surface area contributed by atoms with Crippen molar-refractivity contribution in [3.8, 4) is 0 Å². The molecule has 6 nitrogen and oxygen atoms in total. The molecule has 2 heterocycles. The second kappa shape index (κ2) is 6.82. The van der Waals surface area contributed by atoms with Crippen LogP contribution in [-0.4, -0.2) is 79.5 Å². The average Bonchev–Trinajstić information content (AvgIpc) is 2.50. The van der Waals surface area contributed by atoms with E-state index in [9.17, 15) is 13.2 Å². The van der Waals surface area contributed by atoms with Crippen LogP contribution in [0.1, 0.15) is 46.5 Å². The van der Waals surface area contributed by atoms with E-state index in [2.05, 4.69) is 30.6 Å². The third kappa shape index (κ3) is 3.88. The minimum Gasteiger partial charge on any atom is -0.340 e. The highest BCUT2D eigenvalue weighted by Crippen LogP contribution is 2.53. The molecule has 3 rings (SSSR count). The van der Waals surface area contributed by atoms with Crippen LogP contribution in [0.15, 0.2) is 0 Å². The summed E-state index contributed by atoms with van der Waals surface area (Å²) in [4.78, 5) is 17.4. The fourth-order valence-corrected chi connectivity index (χ4v) is 5.90. The number of piperidine rings is 1. The van der Waals surface area contributed by atoms with Crippen LogP contribution < -0.4 is 0 Å². The molecule has 3 aliphatic rings. The summed E-state index contributed by atoms with van der Waals surface area (Å²) < 4.78 is 24.9. The predicted molar refractivity (Wildman–Crippen MR) is 98.7 cm³/mol. The lowest BCUT2D eigenvalue weighted by Crippen LogP contribution is -2.58. The second-order valence-corrected chi connectivity index (χ2v) is 10.7. The molecule has 0 N–H and O–H groups in total. The predicted octanol–water partition coefficient (Wildman–Crippen LogP) is 1.38. The van der Waals surface area contributed by atoms with Gasteiger partial charge in [-0.15, -0.1) is 0 Å². The molecule has 0 aromatic rings. The Morgan fingerprint density at radius 3 is 2.16 bits per heavy atom. The Labute approximate surface area is 152 Å². The summed E-state index contributed by atoms with van der Waals surface area (Å²) in [6.45, 7) is 10.5. The highest BCUT2D eigenvalue weighted by molar-refractivity contribution is 7.88. The molecule has 1 atom stereocenters. The molecule has 1 amide bonds. The summed E-state index contributed by atoms with van der Waals surface area (Å²) in [5.74, 6) is 0.481. The molecule has 2 aliphatic heterocycles. The van der Waals surface area contributed by atoms with Crippen LogP contribution >= 0.6 is 0 Å². The number of rotatable bonds is 3. The topological polar surface area (TPSA) is 60.9 Å². The summed E-state index contributed by atoms with van der Waals surface area (Å²) in [6.07, 6.45) is 4.99. The zero-order chi connectivity index (χ0) is 18.4. The third-order valence-electron chi connectivity index (χ3n) is 6.61. The van der Waals surface area contributed by atoms with Crippen LogP contribution in [0.2, 0.25) is 0 Å². The van der Waals surface area contributed by atoms with E-state index in [1.54, 1.807) is 4.31 Å². The van der Waals surface area contributed by atoms with E-state index in [1.807, 2.05) is 0 Å². The summed E-state index contributed by atoms with van der Waals surface area (Å²) in [5.41, 5.74) is 0.215. The highest BCUT2D eigenvalue weighted by atomic mass is 32.2. The minimum absolute atomic E-state index is 0.155. The van der Waals surface area contributed by atoms with Crippen molar-refractivity contribution in [1.29, 1.82) is 0 Å². The number of amides is 1. The van der Waals surface area contributed by atoms with E-state index in [4.69, 9.17) is 0 Å². The molecule has 0 aromatic heterocycles. The molecule has 1 aliphatic carbocycles. The molecular formula is C18H33N3O3S. The van der Waals surface area contributed by atoms with Gasteiger partial charge < -0.3 is 4.90 Å². The maximum absolute atomic E-state index is 12.9. The fraction of sp³-hybridized carbons (Fsp3) is 0.944. The lowest BCUT2D eigenvalue weighted by atomic mass is 9.57. The Morgan fingerprint density at radius 2 is 1.68 bits per heavy atom. The van der Waals surface area contributed by atoms with Gasteiger partial charge in [0.15, 0.2) is 0 Å². The van der Waals surface area contributed by atoms with Crippen LogP contribution in [0.25, 0.3) is 0 Å². The summed E-state index contributed by atoms with van der Waals surface area (Å²) in [5, 5.41) is 0. The molecule has 0 unspecified atom stereocenters. The van der Waals surface area contributed by atoms with Crippen molar-refractivity contribution in [3.05, 3.63) is 0 Å². The molecule has 2 saturated heterocycles. The molecule has 144 valence electrons. The number of hydrogen-bond acceptors (Lipinski definition) is 4. The van der Waals surface area contributed by atoms with Gasteiger partial charge in [-0.3, -0.25) is 9.69 Å². The monoisotopic (exact) mass is 371 g/mol. The fourth-order valence-electron chi connectivity index (χ4n) is 5.06. The first-order chi connectivity index (χ1) is 11.6. The molecule has 0 aromatic carbocycles. The van der Waals surface area contributed by atoms with Crippen molar-refractivity contribution >= 4 is 15.9 Å². The lowest BCUT2D eigenvalue weighted by molar-refractivity contribution is -0.148. The number of hydrogen-bond donors (Lipinski definition) is 0. The SMILES string of the molecule is CC(C)N1CCN(C(=O)C2CC3(CCN(S(C)(=O)=O)CC3)C2)C[C@@H]1C. The van der Waals surface area contributed by atoms with Crippen molar-refractivity contribution < 1.29 is 13.2 Å².